The SMILES string of the molecule is CCCc1nc(C(N)c2cc(F)c(F)cc2F)no1. The summed E-state index contributed by atoms with van der Waals surface area (Å²) in [5.74, 6) is -2.99. The molecule has 0 bridgehead atoms. The van der Waals surface area contributed by atoms with Crippen LogP contribution in [-0.2, 0) is 6.42 Å². The van der Waals surface area contributed by atoms with Crippen LogP contribution in [0.25, 0.3) is 0 Å². The van der Waals surface area contributed by atoms with Crippen molar-refractivity contribution < 1.29 is 17.7 Å². The highest BCUT2D eigenvalue weighted by atomic mass is 19.2. The van der Waals surface area contributed by atoms with Crippen molar-refractivity contribution in [3.05, 3.63) is 46.9 Å². The molecule has 0 amide bonds. The number of rotatable bonds is 4. The third-order valence-corrected chi connectivity index (χ3v) is 2.60. The Kier molecular flexibility index (Phi) is 3.84. The van der Waals surface area contributed by atoms with Crippen molar-refractivity contribution in [1.29, 1.82) is 0 Å². The fraction of sp³-hybridized carbons (Fsp3) is 0.333. The van der Waals surface area contributed by atoms with Crippen molar-refractivity contribution in [2.24, 2.45) is 5.73 Å². The molecule has 1 atom stereocenters. The topological polar surface area (TPSA) is 64.9 Å². The van der Waals surface area contributed by atoms with E-state index in [9.17, 15) is 13.2 Å². The van der Waals surface area contributed by atoms with E-state index in [1.165, 1.54) is 0 Å². The lowest BCUT2D eigenvalue weighted by molar-refractivity contribution is 0.370. The molecule has 0 aliphatic carbocycles. The van der Waals surface area contributed by atoms with Gasteiger partial charge in [0, 0.05) is 18.1 Å². The third-order valence-electron chi connectivity index (χ3n) is 2.60. The van der Waals surface area contributed by atoms with Crippen LogP contribution in [0.15, 0.2) is 16.7 Å². The Labute approximate surface area is 107 Å². The Morgan fingerprint density at radius 1 is 1.21 bits per heavy atom. The average molecular weight is 271 g/mol. The first-order chi connectivity index (χ1) is 9.02. The molecule has 0 saturated carbocycles. The summed E-state index contributed by atoms with van der Waals surface area (Å²) in [5.41, 5.74) is 5.51. The van der Waals surface area contributed by atoms with Gasteiger partial charge in [-0.1, -0.05) is 12.1 Å². The van der Waals surface area contributed by atoms with Crippen LogP contribution in [0.4, 0.5) is 13.2 Å². The van der Waals surface area contributed by atoms with Gasteiger partial charge in [0.1, 0.15) is 5.82 Å². The standard InChI is InChI=1S/C12H12F3N3O/c1-2-3-10-17-12(18-19-10)11(16)6-4-8(14)9(15)5-7(6)13/h4-5,11H,2-3,16H2,1H3. The minimum absolute atomic E-state index is 0.0355. The van der Waals surface area contributed by atoms with E-state index in [1.54, 1.807) is 0 Å². The van der Waals surface area contributed by atoms with E-state index in [1.807, 2.05) is 6.92 Å². The average Bonchev–Trinajstić information content (AvgIpc) is 2.82. The molecule has 0 radical (unpaired) electrons. The van der Waals surface area contributed by atoms with E-state index in [2.05, 4.69) is 10.1 Å². The summed E-state index contributed by atoms with van der Waals surface area (Å²) in [7, 11) is 0. The van der Waals surface area contributed by atoms with Gasteiger partial charge in [-0.25, -0.2) is 13.2 Å². The summed E-state index contributed by atoms with van der Waals surface area (Å²) in [4.78, 5) is 3.98. The molecule has 4 nitrogen and oxygen atoms in total. The molecule has 0 aliphatic rings. The van der Waals surface area contributed by atoms with Gasteiger partial charge in [-0.3, -0.25) is 0 Å². The van der Waals surface area contributed by atoms with E-state index in [-0.39, 0.29) is 11.4 Å². The van der Waals surface area contributed by atoms with Crippen LogP contribution in [0.3, 0.4) is 0 Å². The van der Waals surface area contributed by atoms with Crippen molar-refractivity contribution in [2.75, 3.05) is 0 Å². The van der Waals surface area contributed by atoms with Gasteiger partial charge < -0.3 is 10.3 Å². The zero-order valence-corrected chi connectivity index (χ0v) is 10.2. The third kappa shape index (κ3) is 2.76. The molecule has 2 N–H and O–H groups in total. The maximum atomic E-state index is 13.5. The second kappa shape index (κ2) is 5.40. The van der Waals surface area contributed by atoms with Crippen LogP contribution >= 0.6 is 0 Å². The second-order valence-electron chi connectivity index (χ2n) is 4.06. The first kappa shape index (κ1) is 13.5. The van der Waals surface area contributed by atoms with E-state index in [0.29, 0.717) is 24.4 Å². The van der Waals surface area contributed by atoms with Crippen LogP contribution in [0.5, 0.6) is 0 Å². The predicted molar refractivity (Wildman–Crippen MR) is 60.6 cm³/mol. The van der Waals surface area contributed by atoms with Crippen molar-refractivity contribution in [2.45, 2.75) is 25.8 Å². The molecule has 102 valence electrons. The summed E-state index contributed by atoms with van der Waals surface area (Å²) in [6.45, 7) is 1.93. The van der Waals surface area contributed by atoms with E-state index < -0.39 is 23.5 Å². The highest BCUT2D eigenvalue weighted by molar-refractivity contribution is 5.27. The van der Waals surface area contributed by atoms with Crippen LogP contribution in [0, 0.1) is 17.5 Å². The van der Waals surface area contributed by atoms with Gasteiger partial charge in [0.15, 0.2) is 17.5 Å². The highest BCUT2D eigenvalue weighted by Gasteiger charge is 2.21. The van der Waals surface area contributed by atoms with Crippen LogP contribution in [0.2, 0.25) is 0 Å². The Hall–Kier alpha value is -1.89. The Morgan fingerprint density at radius 2 is 1.89 bits per heavy atom. The molecular weight excluding hydrogens is 259 g/mol. The first-order valence-electron chi connectivity index (χ1n) is 5.75. The maximum absolute atomic E-state index is 13.5. The lowest BCUT2D eigenvalue weighted by atomic mass is 10.1. The number of halogens is 3. The summed E-state index contributed by atoms with van der Waals surface area (Å²) in [6.07, 6.45) is 1.37. The van der Waals surface area contributed by atoms with Gasteiger partial charge in [0.05, 0.1) is 6.04 Å². The van der Waals surface area contributed by atoms with Gasteiger partial charge in [-0.15, -0.1) is 0 Å². The Bertz CT molecular complexity index is 586. The van der Waals surface area contributed by atoms with Crippen molar-refractivity contribution in [3.8, 4) is 0 Å². The summed E-state index contributed by atoms with van der Waals surface area (Å²) in [6, 6.07) is 0.0346. The fourth-order valence-electron chi connectivity index (χ4n) is 1.63. The van der Waals surface area contributed by atoms with Gasteiger partial charge in [-0.2, -0.15) is 4.98 Å². The first-order valence-corrected chi connectivity index (χ1v) is 5.75. The number of aryl methyl sites for hydroxylation is 1. The second-order valence-corrected chi connectivity index (χ2v) is 4.06. The minimum atomic E-state index is -1.27. The number of nitrogens with two attached hydrogens (primary N) is 1. The highest BCUT2D eigenvalue weighted by Crippen LogP contribution is 2.22. The monoisotopic (exact) mass is 271 g/mol. The number of hydrogen-bond donors (Lipinski definition) is 1. The lowest BCUT2D eigenvalue weighted by Gasteiger charge is -2.09. The van der Waals surface area contributed by atoms with E-state index in [0.717, 1.165) is 6.42 Å². The van der Waals surface area contributed by atoms with E-state index >= 15 is 0 Å². The summed E-state index contributed by atoms with van der Waals surface area (Å²) < 4.78 is 44.4. The molecule has 19 heavy (non-hydrogen) atoms. The molecule has 1 heterocycles. The van der Waals surface area contributed by atoms with Crippen molar-refractivity contribution in [3.63, 3.8) is 0 Å². The smallest absolute Gasteiger partial charge is 0.226 e. The zero-order valence-electron chi connectivity index (χ0n) is 10.2. The van der Waals surface area contributed by atoms with Gasteiger partial charge in [0.2, 0.25) is 5.89 Å². The number of nitrogens with zero attached hydrogens (tertiary/aromatic N) is 2. The molecule has 0 saturated heterocycles. The molecule has 2 rings (SSSR count). The summed E-state index contributed by atoms with van der Waals surface area (Å²) >= 11 is 0. The Morgan fingerprint density at radius 3 is 2.58 bits per heavy atom. The fourth-order valence-corrected chi connectivity index (χ4v) is 1.63. The molecule has 7 heteroatoms. The quantitative estimate of drug-likeness (QED) is 0.868. The molecule has 1 aromatic heterocycles. The van der Waals surface area contributed by atoms with Crippen molar-refractivity contribution >= 4 is 0 Å². The number of benzene rings is 1. The zero-order chi connectivity index (χ0) is 14.0. The van der Waals surface area contributed by atoms with Crippen LogP contribution in [-0.4, -0.2) is 10.1 Å². The number of aromatic nitrogens is 2. The van der Waals surface area contributed by atoms with Gasteiger partial charge >= 0.3 is 0 Å². The predicted octanol–water partition coefficient (Wildman–Crippen LogP) is 2.49. The normalized spacial score (nSPS) is 12.7. The van der Waals surface area contributed by atoms with Gasteiger partial charge in [-0.05, 0) is 12.5 Å². The maximum Gasteiger partial charge on any atom is 0.226 e. The van der Waals surface area contributed by atoms with Crippen LogP contribution < -0.4 is 5.73 Å². The Balaban J connectivity index is 2.32. The lowest BCUT2D eigenvalue weighted by Crippen LogP contribution is -2.16. The molecule has 1 aromatic carbocycles. The molecule has 2 aromatic rings. The van der Waals surface area contributed by atoms with Crippen LogP contribution in [0.1, 0.15) is 36.7 Å². The molecule has 0 spiro atoms. The largest absolute Gasteiger partial charge is 0.339 e. The minimum Gasteiger partial charge on any atom is -0.339 e. The number of hydrogen-bond acceptors (Lipinski definition) is 4. The molecule has 0 aliphatic heterocycles. The van der Waals surface area contributed by atoms with Crippen molar-refractivity contribution in [1.82, 2.24) is 10.1 Å². The molecule has 1 unspecified atom stereocenters. The van der Waals surface area contributed by atoms with Gasteiger partial charge in [0.25, 0.3) is 0 Å². The summed E-state index contributed by atoms with van der Waals surface area (Å²) in [5, 5.41) is 3.61. The van der Waals surface area contributed by atoms with E-state index in [4.69, 9.17) is 10.3 Å². The molecular formula is C12H12F3N3O. The molecule has 0 fully saturated rings.